The summed E-state index contributed by atoms with van der Waals surface area (Å²) in [6.45, 7) is 5.38. The van der Waals surface area contributed by atoms with Crippen LogP contribution in [0.5, 0.6) is 0 Å². The summed E-state index contributed by atoms with van der Waals surface area (Å²) in [5.41, 5.74) is 2.93. The van der Waals surface area contributed by atoms with E-state index in [4.69, 9.17) is 4.74 Å². The maximum Gasteiger partial charge on any atom is 0.417 e. The second-order valence-electron chi connectivity index (χ2n) is 12.9. The number of imidazole rings is 1. The molecule has 4 heterocycles. The number of nitrogens with one attached hydrogen (secondary N) is 2. The maximum absolute atomic E-state index is 14.5. The lowest BCUT2D eigenvalue weighted by atomic mass is 9.93. The number of fused-ring (bicyclic) bond motifs is 4. The van der Waals surface area contributed by atoms with Gasteiger partial charge in [-0.05, 0) is 92.3 Å². The third-order valence-electron chi connectivity index (χ3n) is 9.82. The summed E-state index contributed by atoms with van der Waals surface area (Å²) in [7, 11) is 1.76. The molecule has 1 fully saturated rings. The van der Waals surface area contributed by atoms with Gasteiger partial charge in [0, 0.05) is 55.7 Å². The van der Waals surface area contributed by atoms with Crippen molar-refractivity contribution in [2.45, 2.75) is 63.4 Å². The molecule has 1 saturated carbocycles. The average molecular weight is 679 g/mol. The molecule has 2 N–H and O–H groups in total. The lowest BCUT2D eigenvalue weighted by Gasteiger charge is -2.27. The quantitative estimate of drug-likeness (QED) is 0.115. The zero-order chi connectivity index (χ0) is 35.0. The molecule has 0 radical (unpaired) electrons. The Kier molecular flexibility index (Phi) is 9.07. The van der Waals surface area contributed by atoms with Gasteiger partial charge in [-0.3, -0.25) is 4.79 Å². The predicted molar refractivity (Wildman–Crippen MR) is 187 cm³/mol. The van der Waals surface area contributed by atoms with Crippen molar-refractivity contribution in [3.8, 4) is 17.2 Å². The third-order valence-corrected chi connectivity index (χ3v) is 9.82. The van der Waals surface area contributed by atoms with Crippen molar-refractivity contribution in [1.29, 1.82) is 5.26 Å². The number of aromatic nitrogens is 3. The van der Waals surface area contributed by atoms with Gasteiger partial charge in [0.15, 0.2) is 0 Å². The molecule has 0 amide bonds. The van der Waals surface area contributed by atoms with Crippen LogP contribution in [0.3, 0.4) is 0 Å². The average Bonchev–Trinajstić information content (AvgIpc) is 3.84. The van der Waals surface area contributed by atoms with Crippen molar-refractivity contribution in [3.63, 3.8) is 0 Å². The molecular formula is C39H37F3N6O2. The molecule has 2 aromatic carbocycles. The van der Waals surface area contributed by atoms with E-state index in [9.17, 15) is 23.2 Å². The molecule has 7 rings (SSSR count). The Morgan fingerprint density at radius 1 is 1.10 bits per heavy atom. The van der Waals surface area contributed by atoms with Gasteiger partial charge in [-0.1, -0.05) is 18.7 Å². The molecule has 1 aliphatic carbocycles. The number of methoxy groups -OCH3 is 1. The van der Waals surface area contributed by atoms with Crippen LogP contribution in [0.15, 0.2) is 85.2 Å². The van der Waals surface area contributed by atoms with Gasteiger partial charge in [0.25, 0.3) is 0 Å². The number of carbonyl (C=O) groups is 1. The van der Waals surface area contributed by atoms with Crippen LogP contribution in [-0.2, 0) is 23.9 Å². The molecule has 11 heteroatoms. The second kappa shape index (κ2) is 13.6. The molecule has 0 spiro atoms. The molecule has 5 aromatic rings. The van der Waals surface area contributed by atoms with Gasteiger partial charge < -0.3 is 24.3 Å². The number of hydrogen-bond acceptors (Lipinski definition) is 6. The van der Waals surface area contributed by atoms with E-state index in [0.29, 0.717) is 58.7 Å². The standard InChI is InChI=1S/C39H37F3N6O2/c1-24(6-3-17-44-27-10-12-28(50-2)13-11-27)45-32-14-9-25(20-26(32)23-43)38(49)35-16-15-34-29(7-4-18-47(34)35)30-21-33-36(22-31(30)39(40,41)42)48-19-5-8-37(48)46-33/h3-4,6-7,9,14-16,18,20-22,27-28,44-45H,1,5,8,10-13,17,19H2,2H3/b6-3+/t27-,28-. The minimum Gasteiger partial charge on any atom is -0.381 e. The number of benzene rings is 2. The summed E-state index contributed by atoms with van der Waals surface area (Å²) in [5, 5.41) is 16.6. The Bertz CT molecular complexity index is 2180. The molecule has 0 atom stereocenters. The smallest absolute Gasteiger partial charge is 0.381 e. The number of nitrogens with zero attached hydrogens (tertiary/aromatic N) is 4. The molecule has 0 unspecified atom stereocenters. The number of allylic oxidation sites excluding steroid dienone is 1. The van der Waals surface area contributed by atoms with Crippen LogP contribution in [0.1, 0.15) is 65.1 Å². The number of halogens is 3. The molecular weight excluding hydrogens is 641 g/mol. The monoisotopic (exact) mass is 678 g/mol. The minimum absolute atomic E-state index is 0.00549. The van der Waals surface area contributed by atoms with Crippen LogP contribution in [0, 0.1) is 11.3 Å². The van der Waals surface area contributed by atoms with Crippen LogP contribution in [0.2, 0.25) is 0 Å². The van der Waals surface area contributed by atoms with Crippen LogP contribution in [-0.4, -0.2) is 45.5 Å². The topological polar surface area (TPSA) is 96.4 Å². The number of anilines is 1. The third kappa shape index (κ3) is 6.44. The number of nitriles is 1. The van der Waals surface area contributed by atoms with E-state index < -0.39 is 11.7 Å². The van der Waals surface area contributed by atoms with Gasteiger partial charge in [0.1, 0.15) is 11.9 Å². The summed E-state index contributed by atoms with van der Waals surface area (Å²) >= 11 is 0. The number of ether oxygens (including phenoxy) is 1. The highest BCUT2D eigenvalue weighted by Crippen LogP contribution is 2.42. The Balaban J connectivity index is 1.10. The van der Waals surface area contributed by atoms with E-state index in [2.05, 4.69) is 28.3 Å². The maximum atomic E-state index is 14.5. The number of aryl methyl sites for hydroxylation is 2. The number of hydrogen-bond donors (Lipinski definition) is 2. The van der Waals surface area contributed by atoms with Crippen molar-refractivity contribution in [1.82, 2.24) is 19.3 Å². The van der Waals surface area contributed by atoms with E-state index in [0.717, 1.165) is 44.3 Å². The largest absolute Gasteiger partial charge is 0.417 e. The Morgan fingerprint density at radius 3 is 2.68 bits per heavy atom. The van der Waals surface area contributed by atoms with Crippen molar-refractivity contribution in [2.24, 2.45) is 0 Å². The molecule has 50 heavy (non-hydrogen) atoms. The highest BCUT2D eigenvalue weighted by Gasteiger charge is 2.36. The van der Waals surface area contributed by atoms with Gasteiger partial charge in [0.2, 0.25) is 5.78 Å². The second-order valence-corrected chi connectivity index (χ2v) is 12.9. The molecule has 0 saturated heterocycles. The van der Waals surface area contributed by atoms with E-state index in [1.54, 1.807) is 54.1 Å². The van der Waals surface area contributed by atoms with E-state index in [-0.39, 0.29) is 28.2 Å². The zero-order valence-corrected chi connectivity index (χ0v) is 27.7. The molecule has 0 bridgehead atoms. The number of rotatable bonds is 10. The summed E-state index contributed by atoms with van der Waals surface area (Å²) in [4.78, 5) is 18.4. The van der Waals surface area contributed by atoms with Crippen molar-refractivity contribution in [2.75, 3.05) is 19.0 Å². The first-order chi connectivity index (χ1) is 24.1. The van der Waals surface area contributed by atoms with Crippen LogP contribution < -0.4 is 10.6 Å². The summed E-state index contributed by atoms with van der Waals surface area (Å²) in [6.07, 6.45) is 7.07. The van der Waals surface area contributed by atoms with Gasteiger partial charge >= 0.3 is 6.18 Å². The van der Waals surface area contributed by atoms with E-state index >= 15 is 0 Å². The first-order valence-corrected chi connectivity index (χ1v) is 16.8. The van der Waals surface area contributed by atoms with Gasteiger partial charge in [-0.25, -0.2) is 4.98 Å². The van der Waals surface area contributed by atoms with Crippen molar-refractivity contribution >= 4 is 28.0 Å². The molecule has 256 valence electrons. The normalized spacial score (nSPS) is 17.7. The van der Waals surface area contributed by atoms with Crippen LogP contribution in [0.25, 0.3) is 27.7 Å². The molecule has 2 aliphatic rings. The first kappa shape index (κ1) is 33.3. The fourth-order valence-corrected chi connectivity index (χ4v) is 7.25. The summed E-state index contributed by atoms with van der Waals surface area (Å²) in [6, 6.07) is 16.6. The molecule has 1 aliphatic heterocycles. The summed E-state index contributed by atoms with van der Waals surface area (Å²) in [5.74, 6) is 0.424. The lowest BCUT2D eigenvalue weighted by Crippen LogP contribution is -2.35. The van der Waals surface area contributed by atoms with Crippen molar-refractivity contribution < 1.29 is 22.7 Å². The minimum atomic E-state index is -4.60. The molecule has 8 nitrogen and oxygen atoms in total. The van der Waals surface area contributed by atoms with Gasteiger partial charge in [0.05, 0.1) is 45.2 Å². The highest BCUT2D eigenvalue weighted by atomic mass is 19.4. The Labute approximate surface area is 287 Å². The summed E-state index contributed by atoms with van der Waals surface area (Å²) < 4.78 is 52.4. The van der Waals surface area contributed by atoms with Crippen LogP contribution in [0.4, 0.5) is 18.9 Å². The predicted octanol–water partition coefficient (Wildman–Crippen LogP) is 8.05. The van der Waals surface area contributed by atoms with E-state index in [1.165, 1.54) is 18.2 Å². The molecule has 3 aromatic heterocycles. The number of alkyl halides is 3. The number of pyridine rings is 1. The fraction of sp³-hybridized carbons (Fsp3) is 0.308. The zero-order valence-electron chi connectivity index (χ0n) is 27.7. The number of ketones is 1. The van der Waals surface area contributed by atoms with E-state index in [1.807, 2.05) is 16.7 Å². The first-order valence-electron chi connectivity index (χ1n) is 16.8. The Hall–Kier alpha value is -5.18. The van der Waals surface area contributed by atoms with Crippen molar-refractivity contribution in [3.05, 3.63) is 113 Å². The highest BCUT2D eigenvalue weighted by molar-refractivity contribution is 6.09. The Morgan fingerprint density at radius 2 is 1.92 bits per heavy atom. The SMILES string of the molecule is C=C(/C=C/CN[C@H]1CC[C@H](OC)CC1)Nc1ccc(C(=O)c2ccc3c(-c4cc5nc6n(c5cc4C(F)(F)F)CCC6)cccn23)cc1C#N. The number of carbonyl (C=O) groups excluding carboxylic acids is 1. The lowest BCUT2D eigenvalue weighted by molar-refractivity contribution is -0.137. The van der Waals surface area contributed by atoms with Gasteiger partial charge in [-0.2, -0.15) is 18.4 Å². The fourth-order valence-electron chi connectivity index (χ4n) is 7.25. The van der Waals surface area contributed by atoms with Gasteiger partial charge in [-0.15, -0.1) is 0 Å². The van der Waals surface area contributed by atoms with Crippen LogP contribution >= 0.6 is 0 Å².